The van der Waals surface area contributed by atoms with Gasteiger partial charge in [-0.25, -0.2) is 0 Å². The highest BCUT2D eigenvalue weighted by atomic mass is 16.8. The molecule has 0 bridgehead atoms. The second-order valence-electron chi connectivity index (χ2n) is 3.76. The summed E-state index contributed by atoms with van der Waals surface area (Å²) in [5.74, 6) is -2.37. The van der Waals surface area contributed by atoms with Crippen LogP contribution in [0, 0.1) is 0 Å². The Balaban J connectivity index is 2.85. The van der Waals surface area contributed by atoms with Crippen molar-refractivity contribution >= 4 is 0 Å². The molecule has 1 saturated heterocycles. The van der Waals surface area contributed by atoms with Gasteiger partial charge in [0.25, 0.3) is 0 Å². The molecule has 0 radical (unpaired) electrons. The smallest absolute Gasteiger partial charge is 0.197 e. The van der Waals surface area contributed by atoms with Crippen molar-refractivity contribution in [2.75, 3.05) is 0 Å². The summed E-state index contributed by atoms with van der Waals surface area (Å²) < 4.78 is 10.8. The molecular formula is C9H18O4. The first-order valence-corrected chi connectivity index (χ1v) is 4.62. The summed E-state index contributed by atoms with van der Waals surface area (Å²) in [5.41, 5.74) is 0. The fourth-order valence-electron chi connectivity index (χ4n) is 1.50. The van der Waals surface area contributed by atoms with Gasteiger partial charge in [-0.05, 0) is 20.8 Å². The molecule has 1 fully saturated rings. The molecule has 0 aromatic heterocycles. The zero-order valence-electron chi connectivity index (χ0n) is 8.57. The van der Waals surface area contributed by atoms with Crippen molar-refractivity contribution in [2.24, 2.45) is 0 Å². The molecule has 1 aliphatic heterocycles. The number of rotatable bonds is 2. The summed E-state index contributed by atoms with van der Waals surface area (Å²) in [6.07, 6.45) is -0.679. The molecule has 0 amide bonds. The number of hydrogen-bond donors (Lipinski definition) is 2. The van der Waals surface area contributed by atoms with Crippen LogP contribution >= 0.6 is 0 Å². The lowest BCUT2D eigenvalue weighted by atomic mass is 10.1. The van der Waals surface area contributed by atoms with Crippen molar-refractivity contribution in [3.8, 4) is 0 Å². The lowest BCUT2D eigenvalue weighted by Gasteiger charge is -2.30. The van der Waals surface area contributed by atoms with Crippen LogP contribution in [-0.2, 0) is 9.47 Å². The Labute approximate surface area is 78.5 Å². The van der Waals surface area contributed by atoms with Gasteiger partial charge >= 0.3 is 0 Å². The lowest BCUT2D eigenvalue weighted by Crippen LogP contribution is -2.43. The minimum atomic E-state index is -1.31. The van der Waals surface area contributed by atoms with Gasteiger partial charge in [0.2, 0.25) is 0 Å². The Morgan fingerprint density at radius 2 is 2.08 bits per heavy atom. The van der Waals surface area contributed by atoms with Crippen LogP contribution in [0.1, 0.15) is 34.1 Å². The van der Waals surface area contributed by atoms with Crippen molar-refractivity contribution in [2.45, 2.75) is 57.9 Å². The maximum atomic E-state index is 9.72. The Bertz CT molecular complexity index is 190. The summed E-state index contributed by atoms with van der Waals surface area (Å²) in [6, 6.07) is 0. The second kappa shape index (κ2) is 3.20. The van der Waals surface area contributed by atoms with Gasteiger partial charge < -0.3 is 19.7 Å². The molecule has 4 atom stereocenters. The fraction of sp³-hybridized carbons (Fsp3) is 1.00. The van der Waals surface area contributed by atoms with Gasteiger partial charge in [-0.15, -0.1) is 0 Å². The van der Waals surface area contributed by atoms with Crippen LogP contribution in [0.2, 0.25) is 0 Å². The standard InChI is InChI=1S/C9H18O4/c1-5-9(6(2)10)12-7(3)8(4,11)13-9/h6-7,10-11H,5H2,1-4H3. The van der Waals surface area contributed by atoms with Crippen molar-refractivity contribution in [3.05, 3.63) is 0 Å². The molecule has 0 saturated carbocycles. The second-order valence-corrected chi connectivity index (χ2v) is 3.76. The molecule has 1 heterocycles. The Morgan fingerprint density at radius 3 is 2.23 bits per heavy atom. The van der Waals surface area contributed by atoms with Crippen LogP contribution in [0.25, 0.3) is 0 Å². The number of hydrogen-bond acceptors (Lipinski definition) is 4. The van der Waals surface area contributed by atoms with Crippen molar-refractivity contribution in [3.63, 3.8) is 0 Å². The third kappa shape index (κ3) is 1.72. The summed E-state index contributed by atoms with van der Waals surface area (Å²) in [6.45, 7) is 6.70. The van der Waals surface area contributed by atoms with Crippen molar-refractivity contribution in [1.29, 1.82) is 0 Å². The van der Waals surface area contributed by atoms with Crippen LogP contribution in [0.4, 0.5) is 0 Å². The van der Waals surface area contributed by atoms with Crippen LogP contribution in [-0.4, -0.2) is 34.0 Å². The molecule has 13 heavy (non-hydrogen) atoms. The molecule has 1 rings (SSSR count). The van der Waals surface area contributed by atoms with Gasteiger partial charge in [0, 0.05) is 6.42 Å². The Kier molecular flexibility index (Phi) is 2.69. The van der Waals surface area contributed by atoms with Crippen molar-refractivity contribution < 1.29 is 19.7 Å². The first-order valence-electron chi connectivity index (χ1n) is 4.62. The van der Waals surface area contributed by atoms with E-state index in [-0.39, 0.29) is 0 Å². The first-order chi connectivity index (χ1) is 5.84. The van der Waals surface area contributed by atoms with Gasteiger partial charge in [0.05, 0.1) is 0 Å². The van der Waals surface area contributed by atoms with E-state index < -0.39 is 23.8 Å². The minimum Gasteiger partial charge on any atom is -0.388 e. The van der Waals surface area contributed by atoms with E-state index in [0.29, 0.717) is 6.42 Å². The quantitative estimate of drug-likeness (QED) is 0.670. The van der Waals surface area contributed by atoms with Crippen molar-refractivity contribution in [1.82, 2.24) is 0 Å². The van der Waals surface area contributed by atoms with E-state index in [1.54, 1.807) is 13.8 Å². The highest BCUT2D eigenvalue weighted by molar-refractivity contribution is 4.88. The topological polar surface area (TPSA) is 58.9 Å². The highest BCUT2D eigenvalue weighted by Gasteiger charge is 2.53. The first kappa shape index (κ1) is 10.9. The zero-order valence-corrected chi connectivity index (χ0v) is 8.57. The third-order valence-electron chi connectivity index (χ3n) is 2.64. The third-order valence-corrected chi connectivity index (χ3v) is 2.64. The number of aliphatic hydroxyl groups is 2. The van der Waals surface area contributed by atoms with Crippen LogP contribution in [0.5, 0.6) is 0 Å². The summed E-state index contributed by atoms with van der Waals surface area (Å²) in [5, 5.41) is 19.2. The van der Waals surface area contributed by atoms with Gasteiger partial charge in [-0.3, -0.25) is 0 Å². The molecule has 0 aromatic rings. The molecule has 0 aromatic carbocycles. The molecule has 2 N–H and O–H groups in total. The van der Waals surface area contributed by atoms with Crippen LogP contribution in [0.15, 0.2) is 0 Å². The molecule has 0 spiro atoms. The predicted octanol–water partition coefficient (Wildman–Crippen LogP) is 0.617. The van der Waals surface area contributed by atoms with Crippen LogP contribution in [0.3, 0.4) is 0 Å². The lowest BCUT2D eigenvalue weighted by molar-refractivity contribution is -0.273. The number of ether oxygens (including phenoxy) is 2. The predicted molar refractivity (Wildman–Crippen MR) is 47.0 cm³/mol. The minimum absolute atomic E-state index is 0.429. The Hall–Kier alpha value is -0.160. The molecule has 1 aliphatic rings. The normalized spacial score (nSPS) is 48.0. The average Bonchev–Trinajstić information content (AvgIpc) is 2.24. The zero-order chi connectivity index (χ0) is 10.3. The maximum Gasteiger partial charge on any atom is 0.197 e. The summed E-state index contributed by atoms with van der Waals surface area (Å²) in [7, 11) is 0. The largest absolute Gasteiger partial charge is 0.388 e. The SMILES string of the molecule is CCC1(C(C)O)OC(C)C(C)(O)O1. The molecule has 4 nitrogen and oxygen atoms in total. The van der Waals surface area contributed by atoms with E-state index in [0.717, 1.165) is 0 Å². The fourth-order valence-corrected chi connectivity index (χ4v) is 1.50. The molecule has 78 valence electrons. The summed E-state index contributed by atoms with van der Waals surface area (Å²) >= 11 is 0. The molecule has 0 aliphatic carbocycles. The molecule has 4 heteroatoms. The highest BCUT2D eigenvalue weighted by Crippen LogP contribution is 2.38. The average molecular weight is 190 g/mol. The van der Waals surface area contributed by atoms with E-state index in [2.05, 4.69) is 0 Å². The van der Waals surface area contributed by atoms with Crippen LogP contribution < -0.4 is 0 Å². The van der Waals surface area contributed by atoms with Gasteiger partial charge in [-0.2, -0.15) is 0 Å². The van der Waals surface area contributed by atoms with E-state index in [4.69, 9.17) is 9.47 Å². The maximum absolute atomic E-state index is 9.72. The Morgan fingerprint density at radius 1 is 1.54 bits per heavy atom. The van der Waals surface area contributed by atoms with E-state index >= 15 is 0 Å². The van der Waals surface area contributed by atoms with Gasteiger partial charge in [0.15, 0.2) is 11.6 Å². The van der Waals surface area contributed by atoms with Gasteiger partial charge in [-0.1, -0.05) is 6.92 Å². The molecular weight excluding hydrogens is 172 g/mol. The summed E-state index contributed by atoms with van der Waals surface area (Å²) in [4.78, 5) is 0. The van der Waals surface area contributed by atoms with E-state index in [1.807, 2.05) is 6.92 Å². The number of aliphatic hydroxyl groups excluding tert-OH is 1. The molecule has 4 unspecified atom stereocenters. The van der Waals surface area contributed by atoms with E-state index in [1.165, 1.54) is 6.92 Å². The van der Waals surface area contributed by atoms with Gasteiger partial charge in [0.1, 0.15) is 12.2 Å². The van der Waals surface area contributed by atoms with E-state index in [9.17, 15) is 10.2 Å². The monoisotopic (exact) mass is 190 g/mol.